The second kappa shape index (κ2) is 7.85. The van der Waals surface area contributed by atoms with Crippen molar-refractivity contribution in [3.8, 4) is 0 Å². The molecular formula is C20H20N6OS. The van der Waals surface area contributed by atoms with Crippen molar-refractivity contribution in [1.82, 2.24) is 25.5 Å². The van der Waals surface area contributed by atoms with E-state index in [9.17, 15) is 4.79 Å². The summed E-state index contributed by atoms with van der Waals surface area (Å²) in [5, 5.41) is 18.1. The molecule has 28 heavy (non-hydrogen) atoms. The summed E-state index contributed by atoms with van der Waals surface area (Å²) in [6.45, 7) is 2.33. The van der Waals surface area contributed by atoms with Gasteiger partial charge in [-0.25, -0.2) is 0 Å². The van der Waals surface area contributed by atoms with Gasteiger partial charge in [0.25, 0.3) is 5.91 Å². The highest BCUT2D eigenvalue weighted by Crippen LogP contribution is 2.34. The van der Waals surface area contributed by atoms with Crippen LogP contribution in [0.15, 0.2) is 70.8 Å². The Kier molecular flexibility index (Phi) is 5.12. The van der Waals surface area contributed by atoms with Gasteiger partial charge in [0.15, 0.2) is 0 Å². The first-order valence-corrected chi connectivity index (χ1v) is 10.1. The summed E-state index contributed by atoms with van der Waals surface area (Å²) in [4.78, 5) is 14.3. The quantitative estimate of drug-likeness (QED) is 0.650. The van der Waals surface area contributed by atoms with Crippen LogP contribution in [0.3, 0.4) is 0 Å². The van der Waals surface area contributed by atoms with E-state index in [0.717, 1.165) is 21.7 Å². The zero-order valence-corrected chi connectivity index (χ0v) is 16.4. The smallest absolute Gasteiger partial charge is 0.251 e. The van der Waals surface area contributed by atoms with Crippen LogP contribution in [0, 0.1) is 0 Å². The van der Waals surface area contributed by atoms with Crippen LogP contribution in [0.25, 0.3) is 0 Å². The minimum absolute atomic E-state index is 0.144. The van der Waals surface area contributed by atoms with Gasteiger partial charge in [-0.05, 0) is 46.9 Å². The summed E-state index contributed by atoms with van der Waals surface area (Å²) in [5.74, 6) is 0.380. The van der Waals surface area contributed by atoms with Gasteiger partial charge in [-0.3, -0.25) is 4.79 Å². The molecule has 142 valence electrons. The van der Waals surface area contributed by atoms with Gasteiger partial charge in [0.1, 0.15) is 6.04 Å². The van der Waals surface area contributed by atoms with Crippen LogP contribution < -0.4 is 10.6 Å². The molecule has 3 aromatic rings. The van der Waals surface area contributed by atoms with Gasteiger partial charge in [0, 0.05) is 17.1 Å². The minimum Gasteiger partial charge on any atom is -0.348 e. The molecule has 1 aromatic heterocycles. The molecule has 0 radical (unpaired) electrons. The lowest BCUT2D eigenvalue weighted by molar-refractivity contribution is -0.118. The van der Waals surface area contributed by atoms with Gasteiger partial charge in [-0.2, -0.15) is 4.68 Å². The number of hydrogen-bond donors (Lipinski definition) is 2. The van der Waals surface area contributed by atoms with Gasteiger partial charge in [-0.15, -0.1) is 11.8 Å². The van der Waals surface area contributed by atoms with Gasteiger partial charge in [0.05, 0.1) is 5.57 Å². The van der Waals surface area contributed by atoms with Crippen molar-refractivity contribution in [2.24, 2.45) is 0 Å². The Morgan fingerprint density at radius 2 is 1.93 bits per heavy atom. The topological polar surface area (TPSA) is 84.7 Å². The van der Waals surface area contributed by atoms with Gasteiger partial charge in [-0.1, -0.05) is 47.6 Å². The SMILES string of the molecule is CSc1ccc([C@@H]2C(C(=O)NCc3ccccc3)=C(C)Nc3nnnn32)cc1. The maximum Gasteiger partial charge on any atom is 0.251 e. The van der Waals surface area contributed by atoms with Crippen LogP contribution in [0.1, 0.15) is 24.1 Å². The van der Waals surface area contributed by atoms with Crippen LogP contribution in [0.4, 0.5) is 5.95 Å². The highest BCUT2D eigenvalue weighted by atomic mass is 32.2. The average Bonchev–Trinajstić information content (AvgIpc) is 3.20. The Balaban J connectivity index is 1.67. The van der Waals surface area contributed by atoms with Crippen molar-refractivity contribution in [3.63, 3.8) is 0 Å². The van der Waals surface area contributed by atoms with E-state index >= 15 is 0 Å². The molecule has 0 aliphatic carbocycles. The van der Waals surface area contributed by atoms with Gasteiger partial charge in [0.2, 0.25) is 5.95 Å². The third kappa shape index (κ3) is 3.50. The predicted octanol–water partition coefficient (Wildman–Crippen LogP) is 3.00. The van der Waals surface area contributed by atoms with E-state index in [1.54, 1.807) is 16.4 Å². The first-order valence-electron chi connectivity index (χ1n) is 8.89. The Morgan fingerprint density at radius 3 is 2.64 bits per heavy atom. The number of rotatable bonds is 5. The summed E-state index contributed by atoms with van der Waals surface area (Å²) in [5.41, 5.74) is 3.35. The third-order valence-corrected chi connectivity index (χ3v) is 5.43. The molecule has 0 saturated carbocycles. The van der Waals surface area contributed by atoms with E-state index in [0.29, 0.717) is 18.1 Å². The summed E-state index contributed by atoms with van der Waals surface area (Å²) >= 11 is 1.67. The molecule has 1 amide bonds. The van der Waals surface area contributed by atoms with Crippen molar-refractivity contribution in [1.29, 1.82) is 0 Å². The van der Waals surface area contributed by atoms with Crippen LogP contribution in [-0.4, -0.2) is 32.4 Å². The minimum atomic E-state index is -0.391. The van der Waals surface area contributed by atoms with Crippen molar-refractivity contribution >= 4 is 23.6 Å². The monoisotopic (exact) mass is 392 g/mol. The largest absolute Gasteiger partial charge is 0.348 e. The summed E-state index contributed by atoms with van der Waals surface area (Å²) in [7, 11) is 0. The maximum absolute atomic E-state index is 13.1. The van der Waals surface area contributed by atoms with Crippen LogP contribution >= 0.6 is 11.8 Å². The normalized spacial score (nSPS) is 15.7. The number of nitrogens with one attached hydrogen (secondary N) is 2. The van der Waals surface area contributed by atoms with Crippen LogP contribution in [-0.2, 0) is 11.3 Å². The highest BCUT2D eigenvalue weighted by molar-refractivity contribution is 7.98. The van der Waals surface area contributed by atoms with E-state index in [4.69, 9.17) is 0 Å². The molecule has 1 aliphatic rings. The molecule has 8 heteroatoms. The van der Waals surface area contributed by atoms with E-state index in [2.05, 4.69) is 26.2 Å². The van der Waals surface area contributed by atoms with Crippen molar-refractivity contribution in [3.05, 3.63) is 77.0 Å². The molecular weight excluding hydrogens is 372 g/mol. The molecule has 0 bridgehead atoms. The van der Waals surface area contributed by atoms with E-state index < -0.39 is 6.04 Å². The molecule has 0 fully saturated rings. The summed E-state index contributed by atoms with van der Waals surface area (Å²) in [6, 6.07) is 17.6. The average molecular weight is 392 g/mol. The van der Waals surface area contributed by atoms with Crippen molar-refractivity contribution < 1.29 is 4.79 Å². The van der Waals surface area contributed by atoms with Crippen molar-refractivity contribution in [2.45, 2.75) is 24.4 Å². The molecule has 1 aliphatic heterocycles. The molecule has 2 heterocycles. The second-order valence-electron chi connectivity index (χ2n) is 6.45. The lowest BCUT2D eigenvalue weighted by Crippen LogP contribution is -2.34. The Labute approximate surface area is 167 Å². The zero-order chi connectivity index (χ0) is 19.5. The number of anilines is 1. The van der Waals surface area contributed by atoms with E-state index in [1.165, 1.54) is 0 Å². The fraction of sp³-hybridized carbons (Fsp3) is 0.200. The number of carbonyl (C=O) groups excluding carboxylic acids is 1. The maximum atomic E-state index is 13.1. The van der Waals surface area contributed by atoms with Gasteiger partial charge < -0.3 is 10.6 Å². The number of benzene rings is 2. The molecule has 4 rings (SSSR count). The number of amides is 1. The van der Waals surface area contributed by atoms with Crippen LogP contribution in [0.2, 0.25) is 0 Å². The first kappa shape index (κ1) is 18.2. The lowest BCUT2D eigenvalue weighted by Gasteiger charge is -2.28. The number of thioether (sulfide) groups is 1. The molecule has 0 spiro atoms. The predicted molar refractivity (Wildman–Crippen MR) is 109 cm³/mol. The molecule has 2 aromatic carbocycles. The number of fused-ring (bicyclic) bond motifs is 1. The Hall–Kier alpha value is -3.13. The fourth-order valence-electron chi connectivity index (χ4n) is 3.27. The summed E-state index contributed by atoms with van der Waals surface area (Å²) in [6.07, 6.45) is 2.03. The lowest BCUT2D eigenvalue weighted by atomic mass is 9.95. The fourth-order valence-corrected chi connectivity index (χ4v) is 3.68. The first-order chi connectivity index (χ1) is 13.7. The highest BCUT2D eigenvalue weighted by Gasteiger charge is 2.33. The molecule has 1 atom stereocenters. The number of allylic oxidation sites excluding steroid dienone is 1. The Morgan fingerprint density at radius 1 is 1.18 bits per heavy atom. The van der Waals surface area contributed by atoms with Crippen LogP contribution in [0.5, 0.6) is 0 Å². The number of carbonyl (C=O) groups is 1. The summed E-state index contributed by atoms with van der Waals surface area (Å²) < 4.78 is 1.65. The van der Waals surface area contributed by atoms with Crippen molar-refractivity contribution in [2.75, 3.05) is 11.6 Å². The number of tetrazole rings is 1. The molecule has 2 N–H and O–H groups in total. The number of aromatic nitrogens is 4. The molecule has 0 unspecified atom stereocenters. The third-order valence-electron chi connectivity index (χ3n) is 4.69. The van der Waals surface area contributed by atoms with Gasteiger partial charge >= 0.3 is 0 Å². The number of nitrogens with zero attached hydrogens (tertiary/aromatic N) is 4. The molecule has 0 saturated heterocycles. The molecule has 7 nitrogen and oxygen atoms in total. The van der Waals surface area contributed by atoms with E-state index in [1.807, 2.05) is 67.8 Å². The second-order valence-corrected chi connectivity index (χ2v) is 7.33. The number of hydrogen-bond acceptors (Lipinski definition) is 6. The van der Waals surface area contributed by atoms with E-state index in [-0.39, 0.29) is 5.91 Å². The Bertz CT molecular complexity index is 1010. The standard InChI is InChI=1S/C20H20N6OS/c1-13-17(19(27)21-12-14-6-4-3-5-7-14)18(26-20(22-13)23-24-25-26)15-8-10-16(28-2)11-9-15/h3-11,18H,12H2,1-2H3,(H,21,27)(H,22,23,25)/t18-/m1/s1. The zero-order valence-electron chi connectivity index (χ0n) is 15.6.